The van der Waals surface area contributed by atoms with Crippen LogP contribution in [-0.4, -0.2) is 38.7 Å². The summed E-state index contributed by atoms with van der Waals surface area (Å²) in [5, 5.41) is 0. The maximum atomic E-state index is 13.5. The molecule has 0 unspecified atom stereocenters. The van der Waals surface area contributed by atoms with Gasteiger partial charge >= 0.3 is 5.69 Å². The number of nitrogens with two attached hydrogens (primary N) is 1. The number of primary amides is 1. The van der Waals surface area contributed by atoms with Crippen LogP contribution in [0.4, 0.5) is 0 Å². The summed E-state index contributed by atoms with van der Waals surface area (Å²) in [7, 11) is 1.52. The van der Waals surface area contributed by atoms with Crippen LogP contribution >= 0.6 is 0 Å². The number of carbonyl (C=O) groups excluding carboxylic acids is 1. The second kappa shape index (κ2) is 8.99. The minimum absolute atomic E-state index is 0.0588. The summed E-state index contributed by atoms with van der Waals surface area (Å²) in [5.74, 6) is 0.642. The number of para-hydroxylation sites is 2. The molecule has 168 valence electrons. The van der Waals surface area contributed by atoms with E-state index in [4.69, 9.17) is 15.2 Å². The van der Waals surface area contributed by atoms with Crippen LogP contribution in [0, 0.1) is 0 Å². The lowest BCUT2D eigenvalue weighted by Gasteiger charge is -2.10. The van der Waals surface area contributed by atoms with E-state index in [2.05, 4.69) is 16.5 Å². The van der Waals surface area contributed by atoms with E-state index in [1.54, 1.807) is 54.6 Å². The maximum Gasteiger partial charge on any atom is 0.335 e. The van der Waals surface area contributed by atoms with Crippen LogP contribution in [-0.2, 0) is 6.54 Å². The number of benzene rings is 2. The van der Waals surface area contributed by atoms with Crippen LogP contribution in [0.2, 0.25) is 0 Å². The minimum atomic E-state index is -0.774. The number of aromatic nitrogens is 4. The summed E-state index contributed by atoms with van der Waals surface area (Å²) in [4.78, 5) is 35.0. The molecule has 0 atom stereocenters. The SMILES string of the molecule is C=CCn1c(=O)n(-c2ccccc2OC)c2nc(-c3ccc(OCC)cc3)nc(C(N)=O)c21. The van der Waals surface area contributed by atoms with Crippen molar-refractivity contribution < 1.29 is 14.3 Å². The molecule has 0 saturated heterocycles. The second-order valence-electron chi connectivity index (χ2n) is 7.08. The number of rotatable bonds is 8. The highest BCUT2D eigenvalue weighted by atomic mass is 16.5. The van der Waals surface area contributed by atoms with Gasteiger partial charge in [-0.15, -0.1) is 6.58 Å². The maximum absolute atomic E-state index is 13.5. The molecular weight excluding hydrogens is 422 g/mol. The summed E-state index contributed by atoms with van der Waals surface area (Å²) in [6, 6.07) is 14.2. The molecule has 0 radical (unpaired) electrons. The van der Waals surface area contributed by atoms with E-state index in [0.29, 0.717) is 29.4 Å². The standard InChI is InChI=1S/C24H23N5O4/c1-4-14-28-20-19(21(25)30)26-22(15-10-12-16(13-11-15)33-5-2)27-23(20)29(24(28)31)17-8-6-7-9-18(17)32-3/h4,6-13H,1,5,14H2,2-3H3,(H2,25,30). The summed E-state index contributed by atoms with van der Waals surface area (Å²) in [6.07, 6.45) is 1.55. The van der Waals surface area contributed by atoms with Gasteiger partial charge in [0.2, 0.25) is 0 Å². The lowest BCUT2D eigenvalue weighted by atomic mass is 10.2. The Morgan fingerprint density at radius 1 is 1.15 bits per heavy atom. The van der Waals surface area contributed by atoms with Gasteiger partial charge < -0.3 is 15.2 Å². The molecule has 9 nitrogen and oxygen atoms in total. The van der Waals surface area contributed by atoms with Crippen LogP contribution in [0.25, 0.3) is 28.2 Å². The van der Waals surface area contributed by atoms with Crippen LogP contribution < -0.4 is 20.9 Å². The first-order chi connectivity index (χ1) is 16.0. The number of amides is 1. The minimum Gasteiger partial charge on any atom is -0.495 e. The van der Waals surface area contributed by atoms with Crippen molar-refractivity contribution in [2.75, 3.05) is 13.7 Å². The Labute approximate surface area is 189 Å². The van der Waals surface area contributed by atoms with E-state index < -0.39 is 11.6 Å². The molecule has 1 amide bonds. The lowest BCUT2D eigenvalue weighted by Crippen LogP contribution is -2.24. The molecule has 0 aliphatic rings. The molecule has 2 aromatic carbocycles. The smallest absolute Gasteiger partial charge is 0.335 e. The molecule has 2 N–H and O–H groups in total. The van der Waals surface area contributed by atoms with E-state index in [0.717, 1.165) is 0 Å². The number of methoxy groups -OCH3 is 1. The fraction of sp³-hybridized carbons (Fsp3) is 0.167. The Bertz CT molecular complexity index is 1400. The van der Waals surface area contributed by atoms with Gasteiger partial charge in [-0.1, -0.05) is 18.2 Å². The number of ether oxygens (including phenoxy) is 2. The molecule has 0 spiro atoms. The zero-order valence-electron chi connectivity index (χ0n) is 18.3. The normalized spacial score (nSPS) is 10.8. The highest BCUT2D eigenvalue weighted by Gasteiger charge is 2.25. The Balaban J connectivity index is 2.07. The zero-order chi connectivity index (χ0) is 23.5. The molecule has 2 heterocycles. The number of imidazole rings is 1. The van der Waals surface area contributed by atoms with Crippen molar-refractivity contribution in [1.82, 2.24) is 19.1 Å². The third-order valence-electron chi connectivity index (χ3n) is 5.06. The molecule has 4 aromatic rings. The number of carbonyl (C=O) groups is 1. The molecule has 4 rings (SSSR count). The quantitative estimate of drug-likeness (QED) is 0.417. The lowest BCUT2D eigenvalue weighted by molar-refractivity contribution is 0.0997. The first kappa shape index (κ1) is 21.8. The second-order valence-corrected chi connectivity index (χ2v) is 7.08. The predicted octanol–water partition coefficient (Wildman–Crippen LogP) is 2.94. The fourth-order valence-corrected chi connectivity index (χ4v) is 3.65. The Morgan fingerprint density at radius 3 is 2.52 bits per heavy atom. The van der Waals surface area contributed by atoms with Crippen molar-refractivity contribution in [3.8, 4) is 28.6 Å². The third-order valence-corrected chi connectivity index (χ3v) is 5.06. The van der Waals surface area contributed by atoms with Crippen LogP contribution in [0.5, 0.6) is 11.5 Å². The topological polar surface area (TPSA) is 114 Å². The van der Waals surface area contributed by atoms with Crippen LogP contribution in [0.3, 0.4) is 0 Å². The molecule has 0 aliphatic carbocycles. The first-order valence-electron chi connectivity index (χ1n) is 10.3. The third kappa shape index (κ3) is 3.84. The fourth-order valence-electron chi connectivity index (χ4n) is 3.65. The molecule has 0 saturated carbocycles. The number of nitrogens with zero attached hydrogens (tertiary/aromatic N) is 4. The van der Waals surface area contributed by atoms with Crippen molar-refractivity contribution in [1.29, 1.82) is 0 Å². The van der Waals surface area contributed by atoms with Gasteiger partial charge in [0.05, 0.1) is 19.4 Å². The molecule has 2 aromatic heterocycles. The van der Waals surface area contributed by atoms with Gasteiger partial charge in [-0.2, -0.15) is 0 Å². The van der Waals surface area contributed by atoms with Gasteiger partial charge in [0.15, 0.2) is 17.2 Å². The largest absolute Gasteiger partial charge is 0.495 e. The number of allylic oxidation sites excluding steroid dienone is 1. The summed E-state index contributed by atoms with van der Waals surface area (Å²) >= 11 is 0. The van der Waals surface area contributed by atoms with Gasteiger partial charge in [0.25, 0.3) is 5.91 Å². The van der Waals surface area contributed by atoms with E-state index in [1.807, 2.05) is 6.92 Å². The Hall–Kier alpha value is -4.40. The van der Waals surface area contributed by atoms with Crippen LogP contribution in [0.15, 0.2) is 66.0 Å². The molecule has 33 heavy (non-hydrogen) atoms. The van der Waals surface area contributed by atoms with Gasteiger partial charge in [-0.25, -0.2) is 19.3 Å². The number of hydrogen-bond acceptors (Lipinski definition) is 6. The van der Waals surface area contributed by atoms with Crippen molar-refractivity contribution in [2.24, 2.45) is 5.73 Å². The van der Waals surface area contributed by atoms with Gasteiger partial charge in [-0.3, -0.25) is 9.36 Å². The highest BCUT2D eigenvalue weighted by Crippen LogP contribution is 2.28. The van der Waals surface area contributed by atoms with E-state index in [-0.39, 0.29) is 29.2 Å². The molecule has 0 fully saturated rings. The van der Waals surface area contributed by atoms with Crippen molar-refractivity contribution in [3.63, 3.8) is 0 Å². The van der Waals surface area contributed by atoms with Crippen LogP contribution in [0.1, 0.15) is 17.4 Å². The van der Waals surface area contributed by atoms with Crippen molar-refractivity contribution >= 4 is 17.1 Å². The molecule has 0 bridgehead atoms. The predicted molar refractivity (Wildman–Crippen MR) is 125 cm³/mol. The molecule has 9 heteroatoms. The average molecular weight is 445 g/mol. The average Bonchev–Trinajstić information content (AvgIpc) is 3.10. The number of fused-ring (bicyclic) bond motifs is 1. The monoisotopic (exact) mass is 445 g/mol. The zero-order valence-corrected chi connectivity index (χ0v) is 18.3. The van der Waals surface area contributed by atoms with Gasteiger partial charge in [0, 0.05) is 12.1 Å². The summed E-state index contributed by atoms with van der Waals surface area (Å²) < 4.78 is 13.7. The van der Waals surface area contributed by atoms with E-state index in [1.165, 1.54) is 16.2 Å². The Kier molecular flexibility index (Phi) is 5.95. The summed E-state index contributed by atoms with van der Waals surface area (Å²) in [5.41, 5.74) is 6.78. The van der Waals surface area contributed by atoms with Crippen molar-refractivity contribution in [3.05, 3.63) is 77.4 Å². The van der Waals surface area contributed by atoms with Gasteiger partial charge in [-0.05, 0) is 43.3 Å². The van der Waals surface area contributed by atoms with E-state index in [9.17, 15) is 9.59 Å². The van der Waals surface area contributed by atoms with Crippen molar-refractivity contribution in [2.45, 2.75) is 13.5 Å². The Morgan fingerprint density at radius 2 is 1.88 bits per heavy atom. The first-order valence-corrected chi connectivity index (χ1v) is 10.3. The van der Waals surface area contributed by atoms with Gasteiger partial charge in [0.1, 0.15) is 17.0 Å². The summed E-state index contributed by atoms with van der Waals surface area (Å²) in [6.45, 7) is 6.30. The molecular formula is C24H23N5O4. The number of hydrogen-bond donors (Lipinski definition) is 1. The molecule has 0 aliphatic heterocycles. The van der Waals surface area contributed by atoms with E-state index >= 15 is 0 Å². The highest BCUT2D eigenvalue weighted by molar-refractivity contribution is 6.02.